The van der Waals surface area contributed by atoms with Crippen molar-refractivity contribution in [1.29, 1.82) is 0 Å². The van der Waals surface area contributed by atoms with Crippen LogP contribution in [-0.4, -0.2) is 47.1 Å². The van der Waals surface area contributed by atoms with E-state index in [-0.39, 0.29) is 18.6 Å². The smallest absolute Gasteiger partial charge is 0.255 e. The van der Waals surface area contributed by atoms with Crippen molar-refractivity contribution in [3.63, 3.8) is 0 Å². The molecule has 0 atom stereocenters. The van der Waals surface area contributed by atoms with Gasteiger partial charge in [0.25, 0.3) is 5.91 Å². The van der Waals surface area contributed by atoms with Gasteiger partial charge in [-0.25, -0.2) is 4.98 Å². The number of halogens is 1. The Morgan fingerprint density at radius 3 is 2.94 bits per heavy atom. The lowest BCUT2D eigenvalue weighted by Crippen LogP contribution is -2.35. The summed E-state index contributed by atoms with van der Waals surface area (Å²) in [6.07, 6.45) is 3.45. The average Bonchev–Trinajstić information content (AvgIpc) is 3.20. The fourth-order valence-corrected chi connectivity index (χ4v) is 2.02. The molecule has 1 fully saturated rings. The molecule has 0 saturated heterocycles. The predicted molar refractivity (Wildman–Crippen MR) is 69.9 cm³/mol. The monoisotopic (exact) mass is 269 g/mol. The number of pyridine rings is 1. The van der Waals surface area contributed by atoms with E-state index in [2.05, 4.69) is 10.3 Å². The molecule has 0 spiro atoms. The Bertz CT molecular complexity index is 449. The number of aromatic nitrogens is 1. The summed E-state index contributed by atoms with van der Waals surface area (Å²) in [7, 11) is 1.73. The second-order valence-electron chi connectivity index (χ2n) is 4.25. The molecule has 1 aliphatic rings. The van der Waals surface area contributed by atoms with E-state index in [4.69, 9.17) is 16.7 Å². The van der Waals surface area contributed by atoms with Crippen LogP contribution < -0.4 is 5.32 Å². The van der Waals surface area contributed by atoms with Crippen LogP contribution in [0.2, 0.25) is 5.02 Å². The van der Waals surface area contributed by atoms with E-state index in [1.165, 1.54) is 6.20 Å². The molecular formula is C12H16ClN3O2. The van der Waals surface area contributed by atoms with E-state index in [0.29, 0.717) is 22.9 Å². The first-order chi connectivity index (χ1) is 8.67. The van der Waals surface area contributed by atoms with Crippen LogP contribution in [0.25, 0.3) is 0 Å². The van der Waals surface area contributed by atoms with Crippen molar-refractivity contribution in [2.24, 2.45) is 0 Å². The van der Waals surface area contributed by atoms with Crippen LogP contribution in [0.1, 0.15) is 23.2 Å². The first-order valence-corrected chi connectivity index (χ1v) is 6.30. The summed E-state index contributed by atoms with van der Waals surface area (Å²) in [5, 5.41) is 12.2. The normalized spacial score (nSPS) is 14.4. The number of amides is 1. The maximum Gasteiger partial charge on any atom is 0.255 e. The van der Waals surface area contributed by atoms with Crippen LogP contribution in [0.5, 0.6) is 0 Å². The minimum absolute atomic E-state index is 0.0379. The molecule has 1 aromatic heterocycles. The summed E-state index contributed by atoms with van der Waals surface area (Å²) >= 11 is 6.02. The van der Waals surface area contributed by atoms with Gasteiger partial charge >= 0.3 is 0 Å². The first kappa shape index (κ1) is 13.1. The standard InChI is InChI=1S/C12H16ClN3O2/c1-14-11-6-9(10(13)7-15-11)12(18)16(4-5-17)8-2-3-8/h6-8,17H,2-5H2,1H3,(H,14,15). The highest BCUT2D eigenvalue weighted by atomic mass is 35.5. The molecule has 0 radical (unpaired) electrons. The van der Waals surface area contributed by atoms with Gasteiger partial charge in [0.05, 0.1) is 17.2 Å². The minimum atomic E-state index is -0.143. The van der Waals surface area contributed by atoms with E-state index in [1.54, 1.807) is 18.0 Å². The summed E-state index contributed by atoms with van der Waals surface area (Å²) in [5.74, 6) is 0.456. The molecule has 18 heavy (non-hydrogen) atoms. The van der Waals surface area contributed by atoms with Gasteiger partial charge in [-0.1, -0.05) is 11.6 Å². The fraction of sp³-hybridized carbons (Fsp3) is 0.500. The molecule has 0 unspecified atom stereocenters. The van der Waals surface area contributed by atoms with Crippen LogP contribution in [0.4, 0.5) is 5.82 Å². The summed E-state index contributed by atoms with van der Waals surface area (Å²) in [5.41, 5.74) is 0.427. The second-order valence-corrected chi connectivity index (χ2v) is 4.66. The Morgan fingerprint density at radius 1 is 1.67 bits per heavy atom. The van der Waals surface area contributed by atoms with Gasteiger partial charge in [0.2, 0.25) is 0 Å². The third kappa shape index (κ3) is 2.73. The number of nitrogens with one attached hydrogen (secondary N) is 1. The van der Waals surface area contributed by atoms with Gasteiger partial charge in [-0.2, -0.15) is 0 Å². The minimum Gasteiger partial charge on any atom is -0.395 e. The third-order valence-electron chi connectivity index (χ3n) is 2.93. The molecule has 0 bridgehead atoms. The summed E-state index contributed by atoms with van der Waals surface area (Å²) in [6.45, 7) is 0.306. The molecule has 1 saturated carbocycles. The van der Waals surface area contributed by atoms with Crippen LogP contribution in [0.3, 0.4) is 0 Å². The number of anilines is 1. The van der Waals surface area contributed by atoms with E-state index >= 15 is 0 Å². The second kappa shape index (κ2) is 5.54. The topological polar surface area (TPSA) is 65.5 Å². The summed E-state index contributed by atoms with van der Waals surface area (Å²) in [4.78, 5) is 18.1. The van der Waals surface area contributed by atoms with Crippen molar-refractivity contribution in [2.45, 2.75) is 18.9 Å². The van der Waals surface area contributed by atoms with Crippen LogP contribution in [-0.2, 0) is 0 Å². The first-order valence-electron chi connectivity index (χ1n) is 5.92. The molecule has 1 heterocycles. The Morgan fingerprint density at radius 2 is 2.39 bits per heavy atom. The summed E-state index contributed by atoms with van der Waals surface area (Å²) in [6, 6.07) is 1.88. The highest BCUT2D eigenvalue weighted by Crippen LogP contribution is 2.29. The van der Waals surface area contributed by atoms with Gasteiger partial charge in [-0.05, 0) is 18.9 Å². The Kier molecular flexibility index (Phi) is 4.04. The number of hydrogen-bond donors (Lipinski definition) is 2. The molecular weight excluding hydrogens is 254 g/mol. The maximum absolute atomic E-state index is 12.4. The summed E-state index contributed by atoms with van der Waals surface area (Å²) < 4.78 is 0. The zero-order chi connectivity index (χ0) is 13.1. The Hall–Kier alpha value is -1.33. The van der Waals surface area contributed by atoms with Gasteiger partial charge in [0.15, 0.2) is 0 Å². The number of hydrogen-bond acceptors (Lipinski definition) is 4. The van der Waals surface area contributed by atoms with Crippen molar-refractivity contribution >= 4 is 23.3 Å². The molecule has 1 aliphatic carbocycles. The maximum atomic E-state index is 12.4. The predicted octanol–water partition coefficient (Wildman–Crippen LogP) is 1.37. The van der Waals surface area contributed by atoms with E-state index in [0.717, 1.165) is 12.8 Å². The average molecular weight is 270 g/mol. The lowest BCUT2D eigenvalue weighted by Gasteiger charge is -2.22. The SMILES string of the molecule is CNc1cc(C(=O)N(CCO)C2CC2)c(Cl)cn1. The highest BCUT2D eigenvalue weighted by molar-refractivity contribution is 6.33. The number of rotatable bonds is 5. The lowest BCUT2D eigenvalue weighted by molar-refractivity contribution is 0.0708. The number of carbonyl (C=O) groups is 1. The van der Waals surface area contributed by atoms with Gasteiger partial charge in [0.1, 0.15) is 5.82 Å². The number of aliphatic hydroxyl groups excluding tert-OH is 1. The zero-order valence-corrected chi connectivity index (χ0v) is 10.9. The molecule has 5 nitrogen and oxygen atoms in total. The number of aliphatic hydroxyl groups is 1. The van der Waals surface area contributed by atoms with Crippen molar-refractivity contribution < 1.29 is 9.90 Å². The van der Waals surface area contributed by atoms with Crippen molar-refractivity contribution in [2.75, 3.05) is 25.5 Å². The molecule has 1 aromatic rings. The van der Waals surface area contributed by atoms with E-state index in [9.17, 15) is 4.79 Å². The van der Waals surface area contributed by atoms with Crippen LogP contribution in [0, 0.1) is 0 Å². The highest BCUT2D eigenvalue weighted by Gasteiger charge is 2.33. The molecule has 1 amide bonds. The van der Waals surface area contributed by atoms with Gasteiger partial charge < -0.3 is 15.3 Å². The zero-order valence-electron chi connectivity index (χ0n) is 10.2. The fourth-order valence-electron chi connectivity index (χ4n) is 1.84. The van der Waals surface area contributed by atoms with Gasteiger partial charge in [-0.3, -0.25) is 4.79 Å². The molecule has 6 heteroatoms. The third-order valence-corrected chi connectivity index (χ3v) is 3.23. The number of carbonyl (C=O) groups excluding carboxylic acids is 1. The van der Waals surface area contributed by atoms with Gasteiger partial charge in [0, 0.05) is 25.8 Å². The molecule has 0 aromatic carbocycles. The molecule has 0 aliphatic heterocycles. The van der Waals surface area contributed by atoms with Crippen LogP contribution >= 0.6 is 11.6 Å². The molecule has 2 N–H and O–H groups in total. The number of nitrogens with zero attached hydrogens (tertiary/aromatic N) is 2. The van der Waals surface area contributed by atoms with Crippen molar-refractivity contribution in [3.05, 3.63) is 22.8 Å². The molecule has 98 valence electrons. The van der Waals surface area contributed by atoms with Gasteiger partial charge in [-0.15, -0.1) is 0 Å². The van der Waals surface area contributed by atoms with Crippen molar-refractivity contribution in [1.82, 2.24) is 9.88 Å². The molecule has 2 rings (SSSR count). The largest absolute Gasteiger partial charge is 0.395 e. The van der Waals surface area contributed by atoms with Crippen molar-refractivity contribution in [3.8, 4) is 0 Å². The van der Waals surface area contributed by atoms with Crippen LogP contribution in [0.15, 0.2) is 12.3 Å². The quantitative estimate of drug-likeness (QED) is 0.847. The van der Waals surface area contributed by atoms with E-state index < -0.39 is 0 Å². The Labute approximate surface area is 111 Å². The Balaban J connectivity index is 2.25. The van der Waals surface area contributed by atoms with E-state index in [1.807, 2.05) is 0 Å². The lowest BCUT2D eigenvalue weighted by atomic mass is 10.2.